The Balaban J connectivity index is 2.24. The number of anilines is 2. The number of nitrogen functional groups attached to an aromatic ring is 1. The molecule has 0 amide bonds. The SMILES string of the molecule is CC1(Nc2cc(F)c(I)cc2N)CCOC1. The van der Waals surface area contributed by atoms with Crippen LogP contribution in [0.3, 0.4) is 0 Å². The smallest absolute Gasteiger partial charge is 0.138 e. The highest BCUT2D eigenvalue weighted by atomic mass is 127. The molecule has 0 aliphatic carbocycles. The molecule has 1 aromatic rings. The fourth-order valence-electron chi connectivity index (χ4n) is 1.76. The highest BCUT2D eigenvalue weighted by Crippen LogP contribution is 2.29. The minimum Gasteiger partial charge on any atom is -0.397 e. The van der Waals surface area contributed by atoms with Crippen molar-refractivity contribution < 1.29 is 9.13 Å². The van der Waals surface area contributed by atoms with E-state index in [4.69, 9.17) is 10.5 Å². The fraction of sp³-hybridized carbons (Fsp3) is 0.455. The van der Waals surface area contributed by atoms with Crippen LogP contribution in [0.1, 0.15) is 13.3 Å². The average molecular weight is 336 g/mol. The summed E-state index contributed by atoms with van der Waals surface area (Å²) in [6.07, 6.45) is 0.903. The number of hydrogen-bond donors (Lipinski definition) is 2. The summed E-state index contributed by atoms with van der Waals surface area (Å²) in [6, 6.07) is 3.08. The van der Waals surface area contributed by atoms with Crippen LogP contribution < -0.4 is 11.1 Å². The Hall–Kier alpha value is -0.560. The average Bonchev–Trinajstić information content (AvgIpc) is 2.62. The number of hydrogen-bond acceptors (Lipinski definition) is 3. The molecule has 0 aromatic heterocycles. The van der Waals surface area contributed by atoms with Crippen molar-refractivity contribution in [2.75, 3.05) is 24.3 Å². The van der Waals surface area contributed by atoms with Crippen LogP contribution in [-0.2, 0) is 4.74 Å². The van der Waals surface area contributed by atoms with Gasteiger partial charge in [0.1, 0.15) is 5.82 Å². The van der Waals surface area contributed by atoms with Gasteiger partial charge in [-0.2, -0.15) is 0 Å². The third kappa shape index (κ3) is 2.40. The van der Waals surface area contributed by atoms with Gasteiger partial charge in [0.25, 0.3) is 0 Å². The Kier molecular flexibility index (Phi) is 3.25. The fourth-order valence-corrected chi connectivity index (χ4v) is 2.25. The first-order valence-electron chi connectivity index (χ1n) is 5.11. The first kappa shape index (κ1) is 11.9. The van der Waals surface area contributed by atoms with E-state index in [0.29, 0.717) is 21.6 Å². The molecule has 88 valence electrons. The molecule has 0 saturated carbocycles. The Bertz CT molecular complexity index is 405. The molecule has 1 unspecified atom stereocenters. The van der Waals surface area contributed by atoms with Crippen LogP contribution in [0, 0.1) is 9.39 Å². The van der Waals surface area contributed by atoms with E-state index in [1.54, 1.807) is 6.07 Å². The van der Waals surface area contributed by atoms with Crippen molar-refractivity contribution in [3.05, 3.63) is 21.5 Å². The summed E-state index contributed by atoms with van der Waals surface area (Å²) in [5, 5.41) is 3.26. The van der Waals surface area contributed by atoms with Gasteiger partial charge in [-0.3, -0.25) is 0 Å². The summed E-state index contributed by atoms with van der Waals surface area (Å²) >= 11 is 1.93. The summed E-state index contributed by atoms with van der Waals surface area (Å²) in [6.45, 7) is 3.41. The summed E-state index contributed by atoms with van der Waals surface area (Å²) in [5.74, 6) is -0.250. The number of ether oxygens (including phenoxy) is 1. The van der Waals surface area contributed by atoms with Gasteiger partial charge in [0.15, 0.2) is 0 Å². The first-order chi connectivity index (χ1) is 7.50. The molecule has 1 saturated heterocycles. The Morgan fingerprint density at radius 2 is 2.31 bits per heavy atom. The van der Waals surface area contributed by atoms with Crippen LogP contribution in [-0.4, -0.2) is 18.8 Å². The van der Waals surface area contributed by atoms with Crippen molar-refractivity contribution in [2.24, 2.45) is 0 Å². The maximum Gasteiger partial charge on any atom is 0.138 e. The number of benzene rings is 1. The molecule has 3 nitrogen and oxygen atoms in total. The van der Waals surface area contributed by atoms with Crippen LogP contribution in [0.25, 0.3) is 0 Å². The number of nitrogens with two attached hydrogens (primary N) is 1. The van der Waals surface area contributed by atoms with Crippen LogP contribution in [0.4, 0.5) is 15.8 Å². The van der Waals surface area contributed by atoms with E-state index in [1.165, 1.54) is 6.07 Å². The third-order valence-electron chi connectivity index (χ3n) is 2.75. The minimum absolute atomic E-state index is 0.145. The molecule has 1 aliphatic rings. The van der Waals surface area contributed by atoms with Crippen LogP contribution in [0.2, 0.25) is 0 Å². The maximum atomic E-state index is 13.4. The largest absolute Gasteiger partial charge is 0.397 e. The number of nitrogens with one attached hydrogen (secondary N) is 1. The van der Waals surface area contributed by atoms with Crippen molar-refractivity contribution in [2.45, 2.75) is 18.9 Å². The van der Waals surface area contributed by atoms with Crippen LogP contribution >= 0.6 is 22.6 Å². The molecule has 1 atom stereocenters. The van der Waals surface area contributed by atoms with Crippen LogP contribution in [0.15, 0.2) is 12.1 Å². The molecular formula is C11H14FIN2O. The molecule has 0 bridgehead atoms. The highest BCUT2D eigenvalue weighted by molar-refractivity contribution is 14.1. The van der Waals surface area contributed by atoms with Gasteiger partial charge in [-0.15, -0.1) is 0 Å². The molecule has 2 rings (SSSR count). The monoisotopic (exact) mass is 336 g/mol. The van der Waals surface area contributed by atoms with Gasteiger partial charge >= 0.3 is 0 Å². The molecule has 0 spiro atoms. The Morgan fingerprint density at radius 3 is 2.94 bits per heavy atom. The lowest BCUT2D eigenvalue weighted by Gasteiger charge is -2.26. The lowest BCUT2D eigenvalue weighted by Crippen LogP contribution is -2.35. The molecule has 1 fully saturated rings. The van der Waals surface area contributed by atoms with E-state index < -0.39 is 0 Å². The summed E-state index contributed by atoms with van der Waals surface area (Å²) in [4.78, 5) is 0. The summed E-state index contributed by atoms with van der Waals surface area (Å²) in [5.41, 5.74) is 6.92. The van der Waals surface area contributed by atoms with Crippen molar-refractivity contribution in [1.29, 1.82) is 0 Å². The predicted octanol–water partition coefficient (Wildman–Crippen LogP) is 2.60. The summed E-state index contributed by atoms with van der Waals surface area (Å²) < 4.78 is 19.3. The molecule has 5 heteroatoms. The maximum absolute atomic E-state index is 13.4. The zero-order chi connectivity index (χ0) is 11.8. The van der Waals surface area contributed by atoms with Gasteiger partial charge in [-0.1, -0.05) is 0 Å². The van der Waals surface area contributed by atoms with Crippen molar-refractivity contribution in [3.63, 3.8) is 0 Å². The molecule has 1 aromatic carbocycles. The van der Waals surface area contributed by atoms with E-state index in [2.05, 4.69) is 12.2 Å². The van der Waals surface area contributed by atoms with Gasteiger partial charge < -0.3 is 15.8 Å². The Labute approximate surface area is 108 Å². The zero-order valence-corrected chi connectivity index (χ0v) is 11.2. The van der Waals surface area contributed by atoms with Crippen molar-refractivity contribution >= 4 is 34.0 Å². The molecule has 16 heavy (non-hydrogen) atoms. The van der Waals surface area contributed by atoms with E-state index in [-0.39, 0.29) is 11.4 Å². The normalized spacial score (nSPS) is 24.7. The van der Waals surface area contributed by atoms with Gasteiger partial charge in [-0.05, 0) is 42.0 Å². The molecular weight excluding hydrogens is 322 g/mol. The predicted molar refractivity (Wildman–Crippen MR) is 71.0 cm³/mol. The Morgan fingerprint density at radius 1 is 1.56 bits per heavy atom. The second-order valence-corrected chi connectivity index (χ2v) is 5.50. The molecule has 3 N–H and O–H groups in total. The van der Waals surface area contributed by atoms with Gasteiger partial charge in [0, 0.05) is 12.7 Å². The van der Waals surface area contributed by atoms with E-state index >= 15 is 0 Å². The lowest BCUT2D eigenvalue weighted by molar-refractivity contribution is 0.185. The lowest BCUT2D eigenvalue weighted by atomic mass is 10.0. The second kappa shape index (κ2) is 4.37. The molecule has 1 aliphatic heterocycles. The van der Waals surface area contributed by atoms with E-state index in [1.807, 2.05) is 22.6 Å². The van der Waals surface area contributed by atoms with Crippen LogP contribution in [0.5, 0.6) is 0 Å². The van der Waals surface area contributed by atoms with Gasteiger partial charge in [0.05, 0.1) is 27.1 Å². The number of rotatable bonds is 2. The van der Waals surface area contributed by atoms with E-state index in [9.17, 15) is 4.39 Å². The number of halogens is 2. The zero-order valence-electron chi connectivity index (χ0n) is 9.02. The highest BCUT2D eigenvalue weighted by Gasteiger charge is 2.30. The minimum atomic E-state index is -0.250. The topological polar surface area (TPSA) is 47.3 Å². The first-order valence-corrected chi connectivity index (χ1v) is 6.18. The summed E-state index contributed by atoms with van der Waals surface area (Å²) in [7, 11) is 0. The second-order valence-electron chi connectivity index (χ2n) is 4.34. The molecule has 1 heterocycles. The van der Waals surface area contributed by atoms with Gasteiger partial charge in [-0.25, -0.2) is 4.39 Å². The van der Waals surface area contributed by atoms with Crippen molar-refractivity contribution in [1.82, 2.24) is 0 Å². The molecule has 0 radical (unpaired) electrons. The van der Waals surface area contributed by atoms with E-state index in [0.717, 1.165) is 13.0 Å². The van der Waals surface area contributed by atoms with Crippen molar-refractivity contribution in [3.8, 4) is 0 Å². The van der Waals surface area contributed by atoms with Gasteiger partial charge in [0.2, 0.25) is 0 Å². The standard InChI is InChI=1S/C11H14FIN2O/c1-11(2-3-16-6-11)15-10-4-7(12)8(13)5-9(10)14/h4-5,15H,2-3,6,14H2,1H3. The third-order valence-corrected chi connectivity index (χ3v) is 3.57. The quantitative estimate of drug-likeness (QED) is 0.645.